The Morgan fingerprint density at radius 1 is 0.595 bits per heavy atom. The van der Waals surface area contributed by atoms with Gasteiger partial charge in [0.25, 0.3) is 0 Å². The number of phenols is 2. The van der Waals surface area contributed by atoms with Crippen molar-refractivity contribution in [3.63, 3.8) is 0 Å². The molecule has 0 aliphatic rings. The molecule has 0 atom stereocenters. The Morgan fingerprint density at radius 2 is 0.973 bits per heavy atom. The molecule has 4 aromatic carbocycles. The number of carbonyl (C=O) groups is 2. The molecule has 0 aromatic heterocycles. The highest BCUT2D eigenvalue weighted by molar-refractivity contribution is 7.99. The molecule has 0 saturated heterocycles. The third-order valence-electron chi connectivity index (χ3n) is 5.36. The van der Waals surface area contributed by atoms with Crippen LogP contribution in [0.2, 0.25) is 0 Å². The van der Waals surface area contributed by atoms with Gasteiger partial charge in [-0.2, -0.15) is 0 Å². The average Bonchev–Trinajstić information content (AvgIpc) is 2.91. The van der Waals surface area contributed by atoms with Crippen molar-refractivity contribution in [3.8, 4) is 45.3 Å². The number of amides is 2. The Morgan fingerprint density at radius 3 is 1.35 bits per heavy atom. The zero-order valence-electron chi connectivity index (χ0n) is 20.0. The van der Waals surface area contributed by atoms with Crippen LogP contribution in [0.4, 0.5) is 9.59 Å². The van der Waals surface area contributed by atoms with E-state index in [0.717, 1.165) is 0 Å². The molecule has 0 aliphatic heterocycles. The summed E-state index contributed by atoms with van der Waals surface area (Å²) in [4.78, 5) is 25.6. The molecule has 2 amide bonds. The van der Waals surface area contributed by atoms with E-state index in [1.165, 1.54) is 25.9 Å². The lowest BCUT2D eigenvalue weighted by atomic mass is 10.0. The van der Waals surface area contributed by atoms with E-state index in [4.69, 9.17) is 9.47 Å². The fourth-order valence-corrected chi connectivity index (χ4v) is 4.65. The van der Waals surface area contributed by atoms with Gasteiger partial charge in [0.2, 0.25) is 0 Å². The molecule has 0 radical (unpaired) electrons. The lowest BCUT2D eigenvalue weighted by Gasteiger charge is -2.18. The van der Waals surface area contributed by atoms with Gasteiger partial charge in [0.05, 0.1) is 9.79 Å². The van der Waals surface area contributed by atoms with Gasteiger partial charge in [0.15, 0.2) is 11.5 Å². The molecule has 0 unspecified atom stereocenters. The van der Waals surface area contributed by atoms with Crippen LogP contribution in [0.5, 0.6) is 23.0 Å². The number of hydrogen-bond donors (Lipinski definition) is 4. The topological polar surface area (TPSA) is 117 Å². The zero-order chi connectivity index (χ0) is 26.4. The van der Waals surface area contributed by atoms with Crippen molar-refractivity contribution in [2.45, 2.75) is 9.79 Å². The van der Waals surface area contributed by atoms with Crippen molar-refractivity contribution >= 4 is 23.9 Å². The highest BCUT2D eigenvalue weighted by atomic mass is 32.2. The highest BCUT2D eigenvalue weighted by Gasteiger charge is 2.22. The quantitative estimate of drug-likeness (QED) is 0.248. The normalized spacial score (nSPS) is 10.4. The molecule has 37 heavy (non-hydrogen) atoms. The summed E-state index contributed by atoms with van der Waals surface area (Å²) in [6, 6.07) is 24.0. The van der Waals surface area contributed by atoms with Crippen molar-refractivity contribution < 1.29 is 29.3 Å². The van der Waals surface area contributed by atoms with Gasteiger partial charge in [-0.15, -0.1) is 0 Å². The summed E-state index contributed by atoms with van der Waals surface area (Å²) in [5.74, 6) is 0.479. The van der Waals surface area contributed by atoms with Crippen LogP contribution < -0.4 is 20.1 Å². The van der Waals surface area contributed by atoms with Crippen LogP contribution in [0.3, 0.4) is 0 Å². The van der Waals surface area contributed by atoms with Crippen LogP contribution in [-0.2, 0) is 0 Å². The van der Waals surface area contributed by atoms with Crippen molar-refractivity contribution in [1.82, 2.24) is 10.6 Å². The van der Waals surface area contributed by atoms with Gasteiger partial charge >= 0.3 is 12.2 Å². The minimum Gasteiger partial charge on any atom is -0.507 e. The third-order valence-corrected chi connectivity index (χ3v) is 6.45. The summed E-state index contributed by atoms with van der Waals surface area (Å²) in [7, 11) is 2.89. The molecule has 188 valence electrons. The SMILES string of the molecule is CNC(=O)Oc1c(Sc2cccc(-c3ccccc3O)c2OC(=O)NC)cccc1-c1ccccc1O. The first-order chi connectivity index (χ1) is 17.9. The van der Waals surface area contributed by atoms with Crippen molar-refractivity contribution in [1.29, 1.82) is 0 Å². The molecule has 4 N–H and O–H groups in total. The maximum absolute atomic E-state index is 12.3. The average molecular weight is 517 g/mol. The Hall–Kier alpha value is -4.63. The van der Waals surface area contributed by atoms with Gasteiger partial charge in [-0.05, 0) is 24.3 Å². The number of carbonyl (C=O) groups excluding carboxylic acids is 2. The standard InChI is InChI=1S/C28H24N2O6S/c1-29-27(33)35-25-19(17-9-3-5-13-21(17)31)11-7-15-23(25)37-24-16-8-12-20(26(24)36-28(34)30-2)18-10-4-6-14-22(18)32/h3-16,31-32H,1-2H3,(H,29,33)(H,30,34). The Labute approximate surface area is 217 Å². The second kappa shape index (κ2) is 11.4. The fourth-order valence-electron chi connectivity index (χ4n) is 3.64. The Balaban J connectivity index is 1.88. The van der Waals surface area contributed by atoms with Gasteiger partial charge in [-0.3, -0.25) is 0 Å². The summed E-state index contributed by atoms with van der Waals surface area (Å²) in [5, 5.41) is 25.8. The molecular weight excluding hydrogens is 492 g/mol. The minimum atomic E-state index is -0.686. The monoisotopic (exact) mass is 516 g/mol. The van der Waals surface area contributed by atoms with E-state index >= 15 is 0 Å². The first kappa shape index (κ1) is 25.5. The van der Waals surface area contributed by atoms with E-state index in [9.17, 15) is 19.8 Å². The van der Waals surface area contributed by atoms with Gasteiger partial charge < -0.3 is 30.3 Å². The highest BCUT2D eigenvalue weighted by Crippen LogP contribution is 2.48. The molecule has 0 bridgehead atoms. The summed E-state index contributed by atoms with van der Waals surface area (Å²) >= 11 is 1.20. The first-order valence-electron chi connectivity index (χ1n) is 11.2. The number of aromatic hydroxyl groups is 2. The van der Waals surface area contributed by atoms with E-state index in [0.29, 0.717) is 32.0 Å². The van der Waals surface area contributed by atoms with Crippen LogP contribution in [0.1, 0.15) is 0 Å². The zero-order valence-corrected chi connectivity index (χ0v) is 20.8. The maximum atomic E-state index is 12.3. The smallest absolute Gasteiger partial charge is 0.412 e. The Kier molecular flexibility index (Phi) is 7.85. The third kappa shape index (κ3) is 5.62. The number of para-hydroxylation sites is 4. The van der Waals surface area contributed by atoms with E-state index in [1.54, 1.807) is 84.9 Å². The van der Waals surface area contributed by atoms with Crippen LogP contribution in [0.15, 0.2) is 94.7 Å². The summed E-state index contributed by atoms with van der Waals surface area (Å²) in [6.45, 7) is 0. The number of rotatable bonds is 6. The van der Waals surface area contributed by atoms with Crippen molar-refractivity contribution in [2.75, 3.05) is 14.1 Å². The molecule has 0 saturated carbocycles. The van der Waals surface area contributed by atoms with Crippen LogP contribution in [0, 0.1) is 0 Å². The van der Waals surface area contributed by atoms with Gasteiger partial charge in [0.1, 0.15) is 11.5 Å². The van der Waals surface area contributed by atoms with E-state index in [-0.39, 0.29) is 23.0 Å². The summed E-state index contributed by atoms with van der Waals surface area (Å²) < 4.78 is 11.3. The minimum absolute atomic E-state index is 0.0246. The Bertz CT molecular complexity index is 1350. The molecule has 0 spiro atoms. The van der Waals surface area contributed by atoms with Crippen LogP contribution >= 0.6 is 11.8 Å². The number of phenolic OH excluding ortho intramolecular Hbond substituents is 2. The molecule has 0 fully saturated rings. The molecule has 4 aromatic rings. The van der Waals surface area contributed by atoms with Crippen LogP contribution in [0.25, 0.3) is 22.3 Å². The fraction of sp³-hybridized carbons (Fsp3) is 0.0714. The number of hydrogen-bond acceptors (Lipinski definition) is 7. The van der Waals surface area contributed by atoms with Crippen molar-refractivity contribution in [3.05, 3.63) is 84.9 Å². The van der Waals surface area contributed by atoms with Gasteiger partial charge in [-0.25, -0.2) is 9.59 Å². The van der Waals surface area contributed by atoms with E-state index < -0.39 is 12.2 Å². The second-order valence-electron chi connectivity index (χ2n) is 7.68. The number of benzene rings is 4. The first-order valence-corrected chi connectivity index (χ1v) is 12.0. The predicted molar refractivity (Wildman–Crippen MR) is 141 cm³/mol. The number of ether oxygens (including phenoxy) is 2. The molecule has 9 heteroatoms. The van der Waals surface area contributed by atoms with E-state index in [1.807, 2.05) is 0 Å². The van der Waals surface area contributed by atoms with Gasteiger partial charge in [0, 0.05) is 36.3 Å². The lowest BCUT2D eigenvalue weighted by molar-refractivity contribution is 0.201. The van der Waals surface area contributed by atoms with E-state index in [2.05, 4.69) is 10.6 Å². The largest absolute Gasteiger partial charge is 0.507 e. The molecule has 0 aliphatic carbocycles. The van der Waals surface area contributed by atoms with Crippen molar-refractivity contribution in [2.24, 2.45) is 0 Å². The predicted octanol–water partition coefficient (Wildman–Crippen LogP) is 6.02. The molecule has 8 nitrogen and oxygen atoms in total. The summed E-state index contributed by atoms with van der Waals surface area (Å²) in [5.41, 5.74) is 1.96. The maximum Gasteiger partial charge on any atom is 0.412 e. The second-order valence-corrected chi connectivity index (χ2v) is 8.76. The molecule has 0 heterocycles. The summed E-state index contributed by atoms with van der Waals surface area (Å²) in [6.07, 6.45) is -1.37. The van der Waals surface area contributed by atoms with Gasteiger partial charge in [-0.1, -0.05) is 72.4 Å². The lowest BCUT2D eigenvalue weighted by Crippen LogP contribution is -2.23. The number of nitrogens with one attached hydrogen (secondary N) is 2. The van der Waals surface area contributed by atoms with Crippen LogP contribution in [-0.4, -0.2) is 36.5 Å². The molecular formula is C28H24N2O6S. The molecule has 4 rings (SSSR count).